The van der Waals surface area contributed by atoms with Crippen molar-refractivity contribution in [1.82, 2.24) is 19.9 Å². The van der Waals surface area contributed by atoms with E-state index in [4.69, 9.17) is 4.74 Å². The van der Waals surface area contributed by atoms with Crippen LogP contribution < -0.4 is 10.3 Å². The van der Waals surface area contributed by atoms with Crippen molar-refractivity contribution in [2.75, 3.05) is 19.7 Å². The van der Waals surface area contributed by atoms with E-state index in [2.05, 4.69) is 35.7 Å². The summed E-state index contributed by atoms with van der Waals surface area (Å²) in [5.41, 5.74) is 2.37. The van der Waals surface area contributed by atoms with Crippen molar-refractivity contribution in [3.05, 3.63) is 76.3 Å². The minimum atomic E-state index is -0.220. The van der Waals surface area contributed by atoms with Crippen LogP contribution in [0.5, 0.6) is 5.75 Å². The number of aromatic nitrogens is 3. The van der Waals surface area contributed by atoms with Gasteiger partial charge in [0.15, 0.2) is 12.4 Å². The Kier molecular flexibility index (Phi) is 6.08. The van der Waals surface area contributed by atoms with Crippen LogP contribution in [0.2, 0.25) is 0 Å². The lowest BCUT2D eigenvalue weighted by atomic mass is 9.87. The number of nitrogens with zero attached hydrogens (tertiary/aromatic N) is 3. The summed E-state index contributed by atoms with van der Waals surface area (Å²) in [5.74, 6) is 1.07. The highest BCUT2D eigenvalue weighted by atomic mass is 16.5. The summed E-state index contributed by atoms with van der Waals surface area (Å²) in [7, 11) is 0. The first-order valence-electron chi connectivity index (χ1n) is 10.8. The summed E-state index contributed by atoms with van der Waals surface area (Å²) < 4.78 is 5.71. The van der Waals surface area contributed by atoms with Gasteiger partial charge in [0, 0.05) is 31.3 Å². The smallest absolute Gasteiger partial charge is 0.260 e. The summed E-state index contributed by atoms with van der Waals surface area (Å²) >= 11 is 0. The summed E-state index contributed by atoms with van der Waals surface area (Å²) in [4.78, 5) is 38.2. The van der Waals surface area contributed by atoms with Crippen molar-refractivity contribution in [1.29, 1.82) is 0 Å². The molecule has 1 fully saturated rings. The van der Waals surface area contributed by atoms with Gasteiger partial charge in [0.2, 0.25) is 0 Å². The number of benzene rings is 1. The Morgan fingerprint density at radius 2 is 1.97 bits per heavy atom. The average Bonchev–Trinajstić information content (AvgIpc) is 3.28. The highest BCUT2D eigenvalue weighted by molar-refractivity contribution is 5.78. The lowest BCUT2D eigenvalue weighted by molar-refractivity contribution is -0.132. The zero-order valence-corrected chi connectivity index (χ0v) is 18.7. The molecule has 1 saturated heterocycles. The van der Waals surface area contributed by atoms with E-state index in [1.54, 1.807) is 17.2 Å². The first-order valence-corrected chi connectivity index (χ1v) is 10.8. The van der Waals surface area contributed by atoms with Gasteiger partial charge < -0.3 is 14.6 Å². The van der Waals surface area contributed by atoms with Gasteiger partial charge in [-0.1, -0.05) is 39.0 Å². The number of carbonyl (C=O) groups is 1. The van der Waals surface area contributed by atoms with E-state index >= 15 is 0 Å². The van der Waals surface area contributed by atoms with E-state index in [1.807, 2.05) is 36.4 Å². The van der Waals surface area contributed by atoms with E-state index in [0.717, 1.165) is 6.42 Å². The van der Waals surface area contributed by atoms with Gasteiger partial charge in [-0.2, -0.15) is 0 Å². The third-order valence-electron chi connectivity index (χ3n) is 5.71. The molecule has 166 valence electrons. The first-order chi connectivity index (χ1) is 15.3. The fourth-order valence-corrected chi connectivity index (χ4v) is 3.83. The summed E-state index contributed by atoms with van der Waals surface area (Å²) in [6, 6.07) is 14.8. The van der Waals surface area contributed by atoms with E-state index in [9.17, 15) is 9.59 Å². The maximum atomic E-state index is 12.7. The van der Waals surface area contributed by atoms with Crippen molar-refractivity contribution in [3.63, 3.8) is 0 Å². The molecule has 0 bridgehead atoms. The molecule has 1 aliphatic rings. The van der Waals surface area contributed by atoms with Gasteiger partial charge in [-0.05, 0) is 41.7 Å². The van der Waals surface area contributed by atoms with Gasteiger partial charge in [-0.15, -0.1) is 0 Å². The van der Waals surface area contributed by atoms with Gasteiger partial charge in [0.25, 0.3) is 11.5 Å². The van der Waals surface area contributed by atoms with Gasteiger partial charge >= 0.3 is 0 Å². The fraction of sp³-hybridized carbons (Fsp3) is 0.360. The van der Waals surface area contributed by atoms with Crippen molar-refractivity contribution in [2.24, 2.45) is 0 Å². The Labute approximate surface area is 187 Å². The van der Waals surface area contributed by atoms with Gasteiger partial charge in [-0.3, -0.25) is 14.6 Å². The van der Waals surface area contributed by atoms with Crippen LogP contribution in [0.15, 0.2) is 59.5 Å². The molecule has 7 heteroatoms. The van der Waals surface area contributed by atoms with E-state index in [-0.39, 0.29) is 29.4 Å². The number of ether oxygens (including phenoxy) is 1. The number of rotatable bonds is 5. The van der Waals surface area contributed by atoms with Gasteiger partial charge in [0.1, 0.15) is 11.4 Å². The standard InChI is InChI=1S/C25H28N4O3/c1-25(2,3)18-7-9-19(10-8-18)32-16-23(31)29-13-11-17(15-29)21-14-22(30)28-24(27-21)20-6-4-5-12-26-20/h4-10,12,14,17H,11,13,15-16H2,1-3H3,(H,27,28,30)/t17-/m0/s1. The highest BCUT2D eigenvalue weighted by Gasteiger charge is 2.29. The zero-order valence-electron chi connectivity index (χ0n) is 18.7. The zero-order chi connectivity index (χ0) is 22.7. The van der Waals surface area contributed by atoms with Crippen LogP contribution in [0.4, 0.5) is 0 Å². The second-order valence-electron chi connectivity index (χ2n) is 9.12. The number of H-pyrrole nitrogens is 1. The fourth-order valence-electron chi connectivity index (χ4n) is 3.83. The van der Waals surface area contributed by atoms with Crippen molar-refractivity contribution in [3.8, 4) is 17.3 Å². The Bertz CT molecular complexity index is 1130. The van der Waals surface area contributed by atoms with Crippen LogP contribution in [0, 0.1) is 0 Å². The molecule has 1 aromatic carbocycles. The Morgan fingerprint density at radius 3 is 2.66 bits per heavy atom. The van der Waals surface area contributed by atoms with E-state index in [0.29, 0.717) is 36.1 Å². The largest absolute Gasteiger partial charge is 0.484 e. The number of carbonyl (C=O) groups excluding carboxylic acids is 1. The SMILES string of the molecule is CC(C)(C)c1ccc(OCC(=O)N2CC[C@H](c3cc(=O)[nH]c(-c4ccccn4)n3)C2)cc1. The molecule has 0 unspecified atom stereocenters. The Morgan fingerprint density at radius 1 is 1.19 bits per heavy atom. The second kappa shape index (κ2) is 8.94. The van der Waals surface area contributed by atoms with E-state index < -0.39 is 0 Å². The topological polar surface area (TPSA) is 88.2 Å². The Balaban J connectivity index is 1.38. The lowest BCUT2D eigenvalue weighted by Gasteiger charge is -2.20. The summed E-state index contributed by atoms with van der Waals surface area (Å²) in [5, 5.41) is 0. The van der Waals surface area contributed by atoms with Crippen LogP contribution in [-0.4, -0.2) is 45.5 Å². The van der Waals surface area contributed by atoms with Crippen LogP contribution >= 0.6 is 0 Å². The quantitative estimate of drug-likeness (QED) is 0.666. The molecular weight excluding hydrogens is 404 g/mol. The minimum Gasteiger partial charge on any atom is -0.484 e. The van der Waals surface area contributed by atoms with Gasteiger partial charge in [-0.25, -0.2) is 4.98 Å². The number of amides is 1. The monoisotopic (exact) mass is 432 g/mol. The van der Waals surface area contributed by atoms with Crippen LogP contribution in [0.25, 0.3) is 11.5 Å². The normalized spacial score (nSPS) is 16.2. The molecule has 3 heterocycles. The maximum Gasteiger partial charge on any atom is 0.260 e. The molecule has 4 rings (SSSR count). The first kappa shape index (κ1) is 21.7. The molecule has 3 aromatic rings. The van der Waals surface area contributed by atoms with Crippen LogP contribution in [-0.2, 0) is 10.2 Å². The Hall–Kier alpha value is -3.48. The number of hydrogen-bond donors (Lipinski definition) is 1. The number of nitrogens with one attached hydrogen (secondary N) is 1. The molecule has 1 aliphatic heterocycles. The maximum absolute atomic E-state index is 12.7. The molecule has 2 aromatic heterocycles. The highest BCUT2D eigenvalue weighted by Crippen LogP contribution is 2.27. The molecule has 0 radical (unpaired) electrons. The molecule has 1 N–H and O–H groups in total. The predicted octanol–water partition coefficient (Wildman–Crippen LogP) is 3.52. The third kappa shape index (κ3) is 5.04. The van der Waals surface area contributed by atoms with E-state index in [1.165, 1.54) is 11.6 Å². The number of likely N-dealkylation sites (tertiary alicyclic amines) is 1. The second-order valence-corrected chi connectivity index (χ2v) is 9.12. The average molecular weight is 433 g/mol. The van der Waals surface area contributed by atoms with Crippen LogP contribution in [0.3, 0.4) is 0 Å². The van der Waals surface area contributed by atoms with Crippen molar-refractivity contribution < 1.29 is 9.53 Å². The lowest BCUT2D eigenvalue weighted by Crippen LogP contribution is -2.33. The predicted molar refractivity (Wildman–Crippen MR) is 123 cm³/mol. The molecule has 32 heavy (non-hydrogen) atoms. The number of aromatic amines is 1. The van der Waals surface area contributed by atoms with Crippen molar-refractivity contribution >= 4 is 5.91 Å². The van der Waals surface area contributed by atoms with Crippen LogP contribution in [0.1, 0.15) is 44.4 Å². The van der Waals surface area contributed by atoms with Crippen molar-refractivity contribution in [2.45, 2.75) is 38.5 Å². The molecule has 0 saturated carbocycles. The summed E-state index contributed by atoms with van der Waals surface area (Å²) in [6.45, 7) is 7.59. The number of pyridine rings is 1. The molecule has 0 aliphatic carbocycles. The number of hydrogen-bond acceptors (Lipinski definition) is 5. The van der Waals surface area contributed by atoms with Gasteiger partial charge in [0.05, 0.1) is 5.69 Å². The molecule has 1 amide bonds. The molecule has 1 atom stereocenters. The molecular formula is C25H28N4O3. The summed E-state index contributed by atoms with van der Waals surface area (Å²) in [6.07, 6.45) is 2.42. The minimum absolute atomic E-state index is 0.00906. The molecule has 7 nitrogen and oxygen atoms in total. The third-order valence-corrected chi connectivity index (χ3v) is 5.71. The molecule has 0 spiro atoms.